The number of methoxy groups -OCH3 is 1. The molecule has 2 fully saturated rings. The Morgan fingerprint density at radius 3 is 2.61 bits per heavy atom. The summed E-state index contributed by atoms with van der Waals surface area (Å²) < 4.78 is 12.3. The lowest BCUT2D eigenvalue weighted by molar-refractivity contribution is 0.280. The second kappa shape index (κ2) is 4.42. The van der Waals surface area contributed by atoms with Crippen molar-refractivity contribution in [1.82, 2.24) is 0 Å². The van der Waals surface area contributed by atoms with Crippen LogP contribution in [0.25, 0.3) is 0 Å². The predicted octanol–water partition coefficient (Wildman–Crippen LogP) is 2.99. The number of nitrogens with two attached hydrogens (primary N) is 1. The molecule has 0 atom stereocenters. The van der Waals surface area contributed by atoms with Gasteiger partial charge in [-0.25, -0.2) is 0 Å². The number of benzene rings is 1. The first kappa shape index (κ1) is 12.3. The van der Waals surface area contributed by atoms with Crippen LogP contribution in [-0.4, -0.2) is 19.8 Å². The molecule has 18 heavy (non-hydrogen) atoms. The van der Waals surface area contributed by atoms with Crippen molar-refractivity contribution in [3.05, 3.63) is 22.2 Å². The molecule has 2 aliphatic rings. The smallest absolute Gasteiger partial charge is 0.175 e. The van der Waals surface area contributed by atoms with E-state index in [1.165, 1.54) is 18.4 Å². The molecule has 0 amide bonds. The molecule has 2 saturated carbocycles. The van der Waals surface area contributed by atoms with Gasteiger partial charge in [0, 0.05) is 12.0 Å². The van der Waals surface area contributed by atoms with Gasteiger partial charge in [-0.3, -0.25) is 0 Å². The van der Waals surface area contributed by atoms with Crippen LogP contribution in [0.2, 0.25) is 0 Å². The molecule has 2 aliphatic carbocycles. The maximum absolute atomic E-state index is 5.90. The van der Waals surface area contributed by atoms with Crippen molar-refractivity contribution >= 4 is 15.9 Å². The van der Waals surface area contributed by atoms with Gasteiger partial charge in [0.05, 0.1) is 17.7 Å². The first-order valence-electron chi connectivity index (χ1n) is 6.43. The molecule has 2 N–H and O–H groups in total. The molecule has 3 rings (SSSR count). The Morgan fingerprint density at radius 1 is 1.39 bits per heavy atom. The van der Waals surface area contributed by atoms with E-state index in [4.69, 9.17) is 15.2 Å². The van der Waals surface area contributed by atoms with Crippen molar-refractivity contribution in [1.29, 1.82) is 0 Å². The molecule has 98 valence electrons. The molecule has 0 spiro atoms. The highest BCUT2D eigenvalue weighted by Crippen LogP contribution is 2.51. The van der Waals surface area contributed by atoms with Crippen LogP contribution in [0, 0.1) is 0 Å². The molecular formula is C14H18BrNO2. The van der Waals surface area contributed by atoms with E-state index < -0.39 is 0 Å². The fourth-order valence-corrected chi connectivity index (χ4v) is 2.79. The summed E-state index contributed by atoms with van der Waals surface area (Å²) in [5.41, 5.74) is 7.32. The fraction of sp³-hybridized carbons (Fsp3) is 0.571. The third-order valence-corrected chi connectivity index (χ3v) is 4.48. The molecular weight excluding hydrogens is 294 g/mol. The van der Waals surface area contributed by atoms with Gasteiger partial charge in [-0.05, 0) is 59.3 Å². The Labute approximate surface area is 116 Å². The standard InChI is InChI=1S/C14H18BrNO2/c1-17-12-7-9(14(8-16)4-5-14)6-11(15)13(12)18-10-2-3-10/h6-7,10H,2-5,8,16H2,1H3. The van der Waals surface area contributed by atoms with Crippen LogP contribution in [0.3, 0.4) is 0 Å². The molecule has 0 unspecified atom stereocenters. The molecule has 0 heterocycles. The van der Waals surface area contributed by atoms with Gasteiger partial charge in [0.1, 0.15) is 0 Å². The SMILES string of the molecule is COc1cc(C2(CN)CC2)cc(Br)c1OC1CC1. The van der Waals surface area contributed by atoms with E-state index in [2.05, 4.69) is 28.1 Å². The minimum atomic E-state index is 0.175. The van der Waals surface area contributed by atoms with Gasteiger partial charge in [-0.15, -0.1) is 0 Å². The van der Waals surface area contributed by atoms with Crippen LogP contribution in [0.1, 0.15) is 31.2 Å². The lowest BCUT2D eigenvalue weighted by Gasteiger charge is -2.18. The highest BCUT2D eigenvalue weighted by atomic mass is 79.9. The summed E-state index contributed by atoms with van der Waals surface area (Å²) in [5, 5.41) is 0. The summed E-state index contributed by atoms with van der Waals surface area (Å²) in [6.45, 7) is 0.700. The van der Waals surface area contributed by atoms with Gasteiger partial charge in [0.2, 0.25) is 0 Å². The Balaban J connectivity index is 1.96. The van der Waals surface area contributed by atoms with Gasteiger partial charge in [-0.2, -0.15) is 0 Å². The van der Waals surface area contributed by atoms with E-state index >= 15 is 0 Å². The number of hydrogen-bond acceptors (Lipinski definition) is 3. The summed E-state index contributed by atoms with van der Waals surface area (Å²) in [5.74, 6) is 1.64. The zero-order valence-corrected chi connectivity index (χ0v) is 12.1. The zero-order valence-electron chi connectivity index (χ0n) is 10.5. The molecule has 0 bridgehead atoms. The van der Waals surface area contributed by atoms with Crippen molar-refractivity contribution < 1.29 is 9.47 Å². The van der Waals surface area contributed by atoms with Crippen molar-refractivity contribution in [3.63, 3.8) is 0 Å². The Bertz CT molecular complexity index is 467. The second-order valence-corrected chi connectivity index (χ2v) is 6.15. The zero-order chi connectivity index (χ0) is 12.8. The average molecular weight is 312 g/mol. The van der Waals surface area contributed by atoms with Crippen molar-refractivity contribution in [2.24, 2.45) is 5.73 Å². The van der Waals surface area contributed by atoms with Crippen molar-refractivity contribution in [2.45, 2.75) is 37.2 Å². The molecule has 1 aromatic carbocycles. The van der Waals surface area contributed by atoms with E-state index in [0.717, 1.165) is 28.8 Å². The van der Waals surface area contributed by atoms with Crippen molar-refractivity contribution in [3.8, 4) is 11.5 Å². The highest BCUT2D eigenvalue weighted by molar-refractivity contribution is 9.10. The highest BCUT2D eigenvalue weighted by Gasteiger charge is 2.43. The molecule has 0 aromatic heterocycles. The quantitative estimate of drug-likeness (QED) is 0.909. The largest absolute Gasteiger partial charge is 0.493 e. The molecule has 0 radical (unpaired) electrons. The number of ether oxygens (including phenoxy) is 2. The van der Waals surface area contributed by atoms with Crippen LogP contribution in [0.15, 0.2) is 16.6 Å². The number of rotatable bonds is 5. The van der Waals surface area contributed by atoms with Gasteiger partial charge in [-0.1, -0.05) is 0 Å². The third-order valence-electron chi connectivity index (χ3n) is 3.90. The third kappa shape index (κ3) is 2.12. The summed E-state index contributed by atoms with van der Waals surface area (Å²) in [6.07, 6.45) is 4.99. The van der Waals surface area contributed by atoms with Crippen LogP contribution >= 0.6 is 15.9 Å². The second-order valence-electron chi connectivity index (χ2n) is 5.29. The lowest BCUT2D eigenvalue weighted by Crippen LogP contribution is -2.19. The van der Waals surface area contributed by atoms with E-state index in [1.54, 1.807) is 7.11 Å². The maximum Gasteiger partial charge on any atom is 0.175 e. The van der Waals surface area contributed by atoms with E-state index in [0.29, 0.717) is 12.6 Å². The predicted molar refractivity (Wildman–Crippen MR) is 74.3 cm³/mol. The average Bonchev–Trinajstić information content (AvgIpc) is 3.26. The molecule has 0 aliphatic heterocycles. The first-order valence-corrected chi connectivity index (χ1v) is 7.22. The molecule has 1 aromatic rings. The Hall–Kier alpha value is -0.740. The summed E-state index contributed by atoms with van der Waals surface area (Å²) in [6, 6.07) is 4.22. The van der Waals surface area contributed by atoms with Crippen LogP contribution in [0.4, 0.5) is 0 Å². The number of halogens is 1. The topological polar surface area (TPSA) is 44.5 Å². The van der Waals surface area contributed by atoms with Crippen LogP contribution in [-0.2, 0) is 5.41 Å². The molecule has 3 nitrogen and oxygen atoms in total. The molecule has 0 saturated heterocycles. The van der Waals surface area contributed by atoms with Gasteiger partial charge in [0.25, 0.3) is 0 Å². The normalized spacial score (nSPS) is 20.6. The van der Waals surface area contributed by atoms with Gasteiger partial charge < -0.3 is 15.2 Å². The summed E-state index contributed by atoms with van der Waals surface area (Å²) >= 11 is 3.60. The maximum atomic E-state index is 5.90. The minimum absolute atomic E-state index is 0.175. The van der Waals surface area contributed by atoms with Crippen LogP contribution < -0.4 is 15.2 Å². The van der Waals surface area contributed by atoms with Gasteiger partial charge in [0.15, 0.2) is 11.5 Å². The van der Waals surface area contributed by atoms with Crippen molar-refractivity contribution in [2.75, 3.05) is 13.7 Å². The fourth-order valence-electron chi connectivity index (χ4n) is 2.25. The summed E-state index contributed by atoms with van der Waals surface area (Å²) in [4.78, 5) is 0. The number of hydrogen-bond donors (Lipinski definition) is 1. The monoisotopic (exact) mass is 311 g/mol. The van der Waals surface area contributed by atoms with Crippen LogP contribution in [0.5, 0.6) is 11.5 Å². The lowest BCUT2D eigenvalue weighted by atomic mass is 9.96. The Morgan fingerprint density at radius 2 is 2.11 bits per heavy atom. The molecule has 4 heteroatoms. The van der Waals surface area contributed by atoms with Gasteiger partial charge >= 0.3 is 0 Å². The Kier molecular flexibility index (Phi) is 3.02. The minimum Gasteiger partial charge on any atom is -0.493 e. The van der Waals surface area contributed by atoms with E-state index in [1.807, 2.05) is 0 Å². The summed E-state index contributed by atoms with van der Waals surface area (Å²) in [7, 11) is 1.69. The van der Waals surface area contributed by atoms with E-state index in [9.17, 15) is 0 Å². The first-order chi connectivity index (χ1) is 8.68. The van der Waals surface area contributed by atoms with E-state index in [-0.39, 0.29) is 5.41 Å².